The van der Waals surface area contributed by atoms with Gasteiger partial charge in [0, 0.05) is 35.8 Å². The molecule has 166 valence electrons. The summed E-state index contributed by atoms with van der Waals surface area (Å²) in [6, 6.07) is 6.96. The normalized spacial score (nSPS) is 14.3. The molecule has 3 amide bonds. The number of benzene rings is 1. The average Bonchev–Trinajstić information content (AvgIpc) is 3.16. The molecule has 1 fully saturated rings. The second-order valence-corrected chi connectivity index (χ2v) is 8.39. The Labute approximate surface area is 185 Å². The van der Waals surface area contributed by atoms with E-state index in [9.17, 15) is 14.4 Å². The molecule has 1 saturated heterocycles. The van der Waals surface area contributed by atoms with Crippen molar-refractivity contribution in [3.63, 3.8) is 0 Å². The smallest absolute Gasteiger partial charge is 0.238 e. The maximum atomic E-state index is 12.3. The number of ether oxygens (including phenoxy) is 1. The molecule has 1 aliphatic heterocycles. The monoisotopic (exact) mass is 445 g/mol. The highest BCUT2D eigenvalue weighted by Crippen LogP contribution is 2.18. The molecular formula is C21H27N5O4S. The van der Waals surface area contributed by atoms with Crippen LogP contribution in [0, 0.1) is 5.92 Å². The summed E-state index contributed by atoms with van der Waals surface area (Å²) >= 11 is 1.29. The highest BCUT2D eigenvalue weighted by molar-refractivity contribution is 7.13. The molecule has 1 aromatic heterocycles. The molecule has 31 heavy (non-hydrogen) atoms. The van der Waals surface area contributed by atoms with E-state index in [0.29, 0.717) is 42.0 Å². The second-order valence-electron chi connectivity index (χ2n) is 7.53. The van der Waals surface area contributed by atoms with Crippen molar-refractivity contribution in [2.45, 2.75) is 20.3 Å². The summed E-state index contributed by atoms with van der Waals surface area (Å²) in [6.45, 7) is 6.74. The average molecular weight is 446 g/mol. The highest BCUT2D eigenvalue weighted by atomic mass is 32.1. The van der Waals surface area contributed by atoms with Crippen LogP contribution in [0.4, 0.5) is 16.5 Å². The molecule has 1 aliphatic rings. The molecule has 0 unspecified atom stereocenters. The zero-order chi connectivity index (χ0) is 22.2. The van der Waals surface area contributed by atoms with Crippen molar-refractivity contribution in [1.29, 1.82) is 0 Å². The molecule has 10 heteroatoms. The number of morpholine rings is 1. The van der Waals surface area contributed by atoms with Gasteiger partial charge in [0.1, 0.15) is 0 Å². The largest absolute Gasteiger partial charge is 0.379 e. The number of nitrogens with one attached hydrogen (secondary N) is 3. The lowest BCUT2D eigenvalue weighted by atomic mass is 10.2. The van der Waals surface area contributed by atoms with Crippen molar-refractivity contribution in [2.75, 3.05) is 48.8 Å². The molecule has 2 heterocycles. The van der Waals surface area contributed by atoms with Gasteiger partial charge in [-0.15, -0.1) is 11.3 Å². The van der Waals surface area contributed by atoms with E-state index in [2.05, 4.69) is 20.9 Å². The van der Waals surface area contributed by atoms with E-state index in [0.717, 1.165) is 13.1 Å². The number of hydrogen-bond acceptors (Lipinski definition) is 7. The van der Waals surface area contributed by atoms with Crippen LogP contribution in [0.5, 0.6) is 0 Å². The topological polar surface area (TPSA) is 113 Å². The van der Waals surface area contributed by atoms with E-state index in [1.165, 1.54) is 11.3 Å². The number of nitrogens with zero attached hydrogens (tertiary/aromatic N) is 2. The van der Waals surface area contributed by atoms with E-state index < -0.39 is 0 Å². The predicted octanol–water partition coefficient (Wildman–Crippen LogP) is 2.19. The van der Waals surface area contributed by atoms with E-state index >= 15 is 0 Å². The van der Waals surface area contributed by atoms with Crippen LogP contribution in [0.15, 0.2) is 29.6 Å². The zero-order valence-electron chi connectivity index (χ0n) is 17.6. The van der Waals surface area contributed by atoms with E-state index in [1.807, 2.05) is 4.90 Å². The minimum Gasteiger partial charge on any atom is -0.379 e. The second kappa shape index (κ2) is 11.0. The summed E-state index contributed by atoms with van der Waals surface area (Å²) in [7, 11) is 0. The van der Waals surface area contributed by atoms with Gasteiger partial charge in [-0.25, -0.2) is 4.98 Å². The van der Waals surface area contributed by atoms with Gasteiger partial charge in [-0.3, -0.25) is 19.3 Å². The summed E-state index contributed by atoms with van der Waals surface area (Å²) < 4.78 is 5.28. The highest BCUT2D eigenvalue weighted by Gasteiger charge is 2.15. The Bertz CT molecular complexity index is 907. The quantitative estimate of drug-likeness (QED) is 0.574. The fourth-order valence-electron chi connectivity index (χ4n) is 2.86. The van der Waals surface area contributed by atoms with Crippen LogP contribution in [-0.2, 0) is 25.5 Å². The van der Waals surface area contributed by atoms with Crippen LogP contribution in [0.3, 0.4) is 0 Å². The molecule has 2 aromatic rings. The van der Waals surface area contributed by atoms with Crippen LogP contribution < -0.4 is 16.0 Å². The molecular weight excluding hydrogens is 418 g/mol. The molecule has 0 spiro atoms. The van der Waals surface area contributed by atoms with Crippen molar-refractivity contribution < 1.29 is 19.1 Å². The minimum absolute atomic E-state index is 0.0809. The number of thiazole rings is 1. The number of amides is 3. The van der Waals surface area contributed by atoms with Gasteiger partial charge >= 0.3 is 0 Å². The van der Waals surface area contributed by atoms with E-state index in [-0.39, 0.29) is 30.1 Å². The Morgan fingerprint density at radius 2 is 1.65 bits per heavy atom. The number of carbonyl (C=O) groups is 3. The molecule has 0 radical (unpaired) electrons. The van der Waals surface area contributed by atoms with Gasteiger partial charge in [-0.1, -0.05) is 13.8 Å². The van der Waals surface area contributed by atoms with Gasteiger partial charge in [0.25, 0.3) is 0 Å². The number of anilines is 3. The van der Waals surface area contributed by atoms with Gasteiger partial charge in [0.2, 0.25) is 17.7 Å². The SMILES string of the molecule is CC(C)C(=O)Nc1nc(CC(=O)Nc2ccc(NC(=O)CN3CCOCC3)cc2)cs1. The Balaban J connectivity index is 1.45. The number of hydrogen-bond donors (Lipinski definition) is 3. The lowest BCUT2D eigenvalue weighted by Gasteiger charge is -2.25. The molecule has 3 rings (SSSR count). The summed E-state index contributed by atoms with van der Waals surface area (Å²) in [4.78, 5) is 42.5. The number of rotatable bonds is 8. The molecule has 1 aromatic carbocycles. The Morgan fingerprint density at radius 1 is 1.03 bits per heavy atom. The lowest BCUT2D eigenvalue weighted by molar-refractivity contribution is -0.119. The first kappa shape index (κ1) is 22.9. The van der Waals surface area contributed by atoms with Gasteiger partial charge in [0.15, 0.2) is 5.13 Å². The molecule has 3 N–H and O–H groups in total. The van der Waals surface area contributed by atoms with Crippen molar-refractivity contribution in [3.05, 3.63) is 35.3 Å². The summed E-state index contributed by atoms with van der Waals surface area (Å²) in [5, 5.41) is 10.6. The first-order chi connectivity index (χ1) is 14.9. The van der Waals surface area contributed by atoms with Crippen LogP contribution >= 0.6 is 11.3 Å². The van der Waals surface area contributed by atoms with Crippen LogP contribution in [0.25, 0.3) is 0 Å². The summed E-state index contributed by atoms with van der Waals surface area (Å²) in [5.74, 6) is -0.538. The fourth-order valence-corrected chi connectivity index (χ4v) is 3.58. The molecule has 9 nitrogen and oxygen atoms in total. The van der Waals surface area contributed by atoms with E-state index in [1.54, 1.807) is 43.5 Å². The Morgan fingerprint density at radius 3 is 2.26 bits per heavy atom. The first-order valence-electron chi connectivity index (χ1n) is 10.1. The zero-order valence-corrected chi connectivity index (χ0v) is 18.5. The number of aromatic nitrogens is 1. The predicted molar refractivity (Wildman–Crippen MR) is 120 cm³/mol. The van der Waals surface area contributed by atoms with Crippen molar-refractivity contribution in [1.82, 2.24) is 9.88 Å². The van der Waals surface area contributed by atoms with Gasteiger partial charge in [-0.05, 0) is 24.3 Å². The van der Waals surface area contributed by atoms with Crippen LogP contribution in [-0.4, -0.2) is 60.5 Å². The maximum absolute atomic E-state index is 12.3. The molecule has 0 aliphatic carbocycles. The van der Waals surface area contributed by atoms with E-state index in [4.69, 9.17) is 4.74 Å². The minimum atomic E-state index is -0.212. The third kappa shape index (κ3) is 7.42. The van der Waals surface area contributed by atoms with Gasteiger partial charge in [-0.2, -0.15) is 0 Å². The van der Waals surface area contributed by atoms with Crippen molar-refractivity contribution >= 4 is 45.6 Å². The van der Waals surface area contributed by atoms with Crippen LogP contribution in [0.1, 0.15) is 19.5 Å². The van der Waals surface area contributed by atoms with Crippen LogP contribution in [0.2, 0.25) is 0 Å². The fraction of sp³-hybridized carbons (Fsp3) is 0.429. The summed E-state index contributed by atoms with van der Waals surface area (Å²) in [6.07, 6.45) is 0.103. The maximum Gasteiger partial charge on any atom is 0.238 e. The Kier molecular flexibility index (Phi) is 8.10. The lowest BCUT2D eigenvalue weighted by Crippen LogP contribution is -2.41. The van der Waals surface area contributed by atoms with Crippen molar-refractivity contribution in [2.24, 2.45) is 5.92 Å². The van der Waals surface area contributed by atoms with Crippen molar-refractivity contribution in [3.8, 4) is 0 Å². The third-order valence-electron chi connectivity index (χ3n) is 4.57. The van der Waals surface area contributed by atoms with Gasteiger partial charge in [0.05, 0.1) is 31.9 Å². The first-order valence-corrected chi connectivity index (χ1v) is 11.0. The molecule has 0 saturated carbocycles. The van der Waals surface area contributed by atoms with Gasteiger partial charge < -0.3 is 20.7 Å². The number of carbonyl (C=O) groups excluding carboxylic acids is 3. The third-order valence-corrected chi connectivity index (χ3v) is 5.38. The molecule has 0 bridgehead atoms. The Hall–Kier alpha value is -2.82. The standard InChI is InChI=1S/C21H27N5O4S/c1-14(2)20(29)25-21-24-17(13-31-21)11-18(27)22-15-3-5-16(6-4-15)23-19(28)12-26-7-9-30-10-8-26/h3-6,13-14H,7-12H2,1-2H3,(H,22,27)(H,23,28)(H,24,25,29). The molecule has 0 atom stereocenters. The summed E-state index contributed by atoms with van der Waals surface area (Å²) in [5.41, 5.74) is 1.88.